The molecule has 1 heterocycles. The molecule has 0 aliphatic rings. The van der Waals surface area contributed by atoms with Crippen LogP contribution in [-0.4, -0.2) is 15.9 Å². The van der Waals surface area contributed by atoms with E-state index in [0.717, 1.165) is 11.3 Å². The van der Waals surface area contributed by atoms with Crippen molar-refractivity contribution >= 4 is 17.5 Å². The fourth-order valence-corrected chi connectivity index (χ4v) is 2.58. The van der Waals surface area contributed by atoms with Gasteiger partial charge in [0.25, 0.3) is 5.91 Å². The zero-order valence-corrected chi connectivity index (χ0v) is 15.9. The van der Waals surface area contributed by atoms with Gasteiger partial charge >= 0.3 is 0 Å². The van der Waals surface area contributed by atoms with E-state index in [4.69, 9.17) is 0 Å². The van der Waals surface area contributed by atoms with Gasteiger partial charge in [-0.15, -0.1) is 0 Å². The Morgan fingerprint density at radius 2 is 1.59 bits per heavy atom. The van der Waals surface area contributed by atoms with Crippen molar-refractivity contribution in [2.24, 2.45) is 0 Å². The highest BCUT2D eigenvalue weighted by Crippen LogP contribution is 2.17. The minimum atomic E-state index is -0.225. The maximum absolute atomic E-state index is 12.3. The van der Waals surface area contributed by atoms with E-state index in [-0.39, 0.29) is 5.91 Å². The number of aromatic nitrogens is 2. The minimum absolute atomic E-state index is 0.225. The van der Waals surface area contributed by atoms with E-state index >= 15 is 0 Å². The van der Waals surface area contributed by atoms with Crippen LogP contribution in [0.5, 0.6) is 0 Å². The summed E-state index contributed by atoms with van der Waals surface area (Å²) in [5.41, 5.74) is 4.79. The quantitative estimate of drug-likeness (QED) is 0.664. The van der Waals surface area contributed by atoms with Crippen LogP contribution in [0.25, 0.3) is 0 Å². The maximum atomic E-state index is 12.3. The van der Waals surface area contributed by atoms with Gasteiger partial charge in [0, 0.05) is 24.6 Å². The lowest BCUT2D eigenvalue weighted by molar-refractivity contribution is 0.102. The fraction of sp³-hybridized carbons (Fsp3) is 0.227. The molecule has 27 heavy (non-hydrogen) atoms. The maximum Gasteiger partial charge on any atom is 0.258 e. The van der Waals surface area contributed by atoms with E-state index < -0.39 is 0 Å². The Morgan fingerprint density at radius 3 is 2.19 bits per heavy atom. The largest absolute Gasteiger partial charge is 0.350 e. The van der Waals surface area contributed by atoms with Gasteiger partial charge in [0.15, 0.2) is 0 Å². The number of rotatable bonds is 6. The van der Waals surface area contributed by atoms with Crippen molar-refractivity contribution in [3.8, 4) is 0 Å². The lowest BCUT2D eigenvalue weighted by atomic mass is 10.0. The van der Waals surface area contributed by atoms with Gasteiger partial charge in [0.1, 0.15) is 0 Å². The van der Waals surface area contributed by atoms with Gasteiger partial charge < -0.3 is 10.6 Å². The summed E-state index contributed by atoms with van der Waals surface area (Å²) in [6.45, 7) is 6.97. The summed E-state index contributed by atoms with van der Waals surface area (Å²) in [5.74, 6) is 0.730. The molecule has 2 aromatic carbocycles. The molecule has 1 aromatic heterocycles. The van der Waals surface area contributed by atoms with Crippen LogP contribution in [0.15, 0.2) is 60.9 Å². The average Bonchev–Trinajstić information content (AvgIpc) is 2.68. The molecule has 0 spiro atoms. The van der Waals surface area contributed by atoms with Gasteiger partial charge in [-0.2, -0.15) is 0 Å². The van der Waals surface area contributed by atoms with Crippen molar-refractivity contribution < 1.29 is 4.79 Å². The first-order valence-corrected chi connectivity index (χ1v) is 9.04. The highest BCUT2D eigenvalue weighted by atomic mass is 16.1. The molecule has 0 saturated heterocycles. The molecule has 0 saturated carbocycles. The standard InChI is InChI=1S/C22H24N4O/c1-15(2)18-8-10-20(11-9-18)26-21(27)19-13-24-22(25-14-19)23-12-17-6-4-16(3)5-7-17/h4-11,13-15H,12H2,1-3H3,(H,26,27)(H,23,24,25). The lowest BCUT2D eigenvalue weighted by Crippen LogP contribution is -2.13. The Hall–Kier alpha value is -3.21. The number of benzene rings is 2. The van der Waals surface area contributed by atoms with E-state index in [1.165, 1.54) is 23.5 Å². The highest BCUT2D eigenvalue weighted by Gasteiger charge is 2.08. The van der Waals surface area contributed by atoms with E-state index in [9.17, 15) is 4.79 Å². The molecule has 0 aliphatic heterocycles. The topological polar surface area (TPSA) is 66.9 Å². The van der Waals surface area contributed by atoms with Gasteiger partial charge in [-0.05, 0) is 36.1 Å². The molecular formula is C22H24N4O. The Labute approximate surface area is 159 Å². The molecule has 0 fully saturated rings. The van der Waals surface area contributed by atoms with Crippen LogP contribution in [0.4, 0.5) is 11.6 Å². The van der Waals surface area contributed by atoms with Crippen LogP contribution in [0.1, 0.15) is 46.8 Å². The Balaban J connectivity index is 1.57. The molecule has 138 valence electrons. The molecule has 0 aliphatic carbocycles. The predicted molar refractivity (Wildman–Crippen MR) is 109 cm³/mol. The van der Waals surface area contributed by atoms with Crippen LogP contribution in [-0.2, 0) is 6.54 Å². The molecule has 0 unspecified atom stereocenters. The number of anilines is 2. The second-order valence-corrected chi connectivity index (χ2v) is 6.87. The summed E-state index contributed by atoms with van der Waals surface area (Å²) in [7, 11) is 0. The van der Waals surface area contributed by atoms with Gasteiger partial charge in [0.05, 0.1) is 5.56 Å². The number of hydrogen-bond donors (Lipinski definition) is 2. The molecule has 0 radical (unpaired) electrons. The third-order valence-electron chi connectivity index (χ3n) is 4.32. The number of aryl methyl sites for hydroxylation is 1. The van der Waals surface area contributed by atoms with Gasteiger partial charge in [-0.3, -0.25) is 4.79 Å². The first kappa shape index (κ1) is 18.6. The molecule has 0 bridgehead atoms. The summed E-state index contributed by atoms with van der Waals surface area (Å²) in [6, 6.07) is 16.1. The third kappa shape index (κ3) is 5.14. The molecular weight excluding hydrogens is 336 g/mol. The second-order valence-electron chi connectivity index (χ2n) is 6.87. The number of nitrogens with zero attached hydrogens (tertiary/aromatic N) is 2. The smallest absolute Gasteiger partial charge is 0.258 e. The van der Waals surface area contributed by atoms with Gasteiger partial charge in [-0.1, -0.05) is 55.8 Å². The zero-order valence-electron chi connectivity index (χ0n) is 15.9. The summed E-state index contributed by atoms with van der Waals surface area (Å²) >= 11 is 0. The molecule has 3 rings (SSSR count). The van der Waals surface area contributed by atoms with Crippen molar-refractivity contribution in [3.63, 3.8) is 0 Å². The molecule has 3 aromatic rings. The fourth-order valence-electron chi connectivity index (χ4n) is 2.58. The minimum Gasteiger partial charge on any atom is -0.350 e. The van der Waals surface area contributed by atoms with E-state index in [2.05, 4.69) is 65.6 Å². The normalized spacial score (nSPS) is 10.7. The molecule has 5 nitrogen and oxygen atoms in total. The molecule has 0 atom stereocenters. The third-order valence-corrected chi connectivity index (χ3v) is 4.32. The van der Waals surface area contributed by atoms with Crippen molar-refractivity contribution in [3.05, 3.63) is 83.2 Å². The predicted octanol–water partition coefficient (Wildman–Crippen LogP) is 4.77. The monoisotopic (exact) mass is 360 g/mol. The van der Waals surface area contributed by atoms with Crippen LogP contribution in [0.2, 0.25) is 0 Å². The first-order chi connectivity index (χ1) is 13.0. The number of carbonyl (C=O) groups excluding carboxylic acids is 1. The summed E-state index contributed by atoms with van der Waals surface area (Å²) in [6.07, 6.45) is 3.06. The highest BCUT2D eigenvalue weighted by molar-refractivity contribution is 6.03. The van der Waals surface area contributed by atoms with Crippen LogP contribution in [0, 0.1) is 6.92 Å². The Kier molecular flexibility index (Phi) is 5.81. The summed E-state index contributed by atoms with van der Waals surface area (Å²) in [4.78, 5) is 20.8. The van der Waals surface area contributed by atoms with Gasteiger partial charge in [0.2, 0.25) is 5.95 Å². The molecule has 2 N–H and O–H groups in total. The van der Waals surface area contributed by atoms with Crippen molar-refractivity contribution in [2.45, 2.75) is 33.2 Å². The van der Waals surface area contributed by atoms with Crippen LogP contribution < -0.4 is 10.6 Å². The van der Waals surface area contributed by atoms with E-state index in [0.29, 0.717) is 24.0 Å². The number of hydrogen-bond acceptors (Lipinski definition) is 4. The number of amides is 1. The SMILES string of the molecule is Cc1ccc(CNc2ncc(C(=O)Nc3ccc(C(C)C)cc3)cn2)cc1. The first-order valence-electron chi connectivity index (χ1n) is 9.04. The number of carbonyl (C=O) groups is 1. The summed E-state index contributed by atoms with van der Waals surface area (Å²) in [5, 5.41) is 6.03. The second kappa shape index (κ2) is 8.45. The van der Waals surface area contributed by atoms with Crippen LogP contribution >= 0.6 is 0 Å². The van der Waals surface area contributed by atoms with E-state index in [1.54, 1.807) is 0 Å². The van der Waals surface area contributed by atoms with Crippen molar-refractivity contribution in [1.29, 1.82) is 0 Å². The average molecular weight is 360 g/mol. The summed E-state index contributed by atoms with van der Waals surface area (Å²) < 4.78 is 0. The Bertz CT molecular complexity index is 885. The lowest BCUT2D eigenvalue weighted by Gasteiger charge is -2.09. The van der Waals surface area contributed by atoms with Crippen molar-refractivity contribution in [1.82, 2.24) is 9.97 Å². The van der Waals surface area contributed by atoms with Crippen LogP contribution in [0.3, 0.4) is 0 Å². The molecule has 1 amide bonds. The molecule has 5 heteroatoms. The zero-order chi connectivity index (χ0) is 19.2. The van der Waals surface area contributed by atoms with Gasteiger partial charge in [-0.25, -0.2) is 9.97 Å². The number of nitrogens with one attached hydrogen (secondary N) is 2. The Morgan fingerprint density at radius 1 is 0.963 bits per heavy atom. The van der Waals surface area contributed by atoms with E-state index in [1.807, 2.05) is 24.3 Å². The van der Waals surface area contributed by atoms with Crippen molar-refractivity contribution in [2.75, 3.05) is 10.6 Å².